The van der Waals surface area contributed by atoms with E-state index in [9.17, 15) is 14.4 Å². The molecule has 0 bridgehead atoms. The van der Waals surface area contributed by atoms with E-state index in [1.165, 1.54) is 6.92 Å². The van der Waals surface area contributed by atoms with Crippen LogP contribution in [0.25, 0.3) is 0 Å². The summed E-state index contributed by atoms with van der Waals surface area (Å²) in [5.41, 5.74) is 0. The summed E-state index contributed by atoms with van der Waals surface area (Å²) < 4.78 is 0. The molecule has 1 rings (SSSR count). The van der Waals surface area contributed by atoms with E-state index < -0.39 is 11.8 Å². The number of hydrogen-bond donors (Lipinski definition) is 2. The van der Waals surface area contributed by atoms with Crippen LogP contribution in [0, 0.1) is 0 Å². The predicted molar refractivity (Wildman–Crippen MR) is 66.7 cm³/mol. The molecule has 0 aromatic heterocycles. The van der Waals surface area contributed by atoms with E-state index in [1.807, 2.05) is 0 Å². The Morgan fingerprint density at radius 3 is 2.06 bits per heavy atom. The van der Waals surface area contributed by atoms with Gasteiger partial charge in [0.2, 0.25) is 5.91 Å². The van der Waals surface area contributed by atoms with Gasteiger partial charge in [0.15, 0.2) is 0 Å². The zero-order valence-corrected chi connectivity index (χ0v) is 10.8. The monoisotopic (exact) mass is 255 g/mol. The van der Waals surface area contributed by atoms with Crippen molar-refractivity contribution in [2.75, 3.05) is 26.2 Å². The first-order valence-electron chi connectivity index (χ1n) is 6.43. The van der Waals surface area contributed by atoms with Crippen molar-refractivity contribution in [2.45, 2.75) is 32.6 Å². The lowest BCUT2D eigenvalue weighted by Gasteiger charge is -2.19. The fourth-order valence-corrected chi connectivity index (χ4v) is 1.91. The molecule has 0 aliphatic carbocycles. The molecule has 1 saturated heterocycles. The van der Waals surface area contributed by atoms with Crippen molar-refractivity contribution in [2.24, 2.45) is 0 Å². The van der Waals surface area contributed by atoms with Crippen LogP contribution in [0.2, 0.25) is 0 Å². The zero-order chi connectivity index (χ0) is 13.4. The molecule has 0 aromatic rings. The lowest BCUT2D eigenvalue weighted by atomic mass is 10.2. The molecular formula is C12H21N3O3. The standard InChI is InChI=1S/C12H21N3O3/c1-10(16)13-6-7-14-11(17)12(18)15-8-4-2-3-5-9-15/h2-9H2,1H3,(H,13,16)(H,14,17). The van der Waals surface area contributed by atoms with Crippen molar-refractivity contribution in [1.82, 2.24) is 15.5 Å². The lowest BCUT2D eigenvalue weighted by molar-refractivity contribution is -0.145. The lowest BCUT2D eigenvalue weighted by Crippen LogP contribution is -2.45. The number of carbonyl (C=O) groups is 3. The SMILES string of the molecule is CC(=O)NCCNC(=O)C(=O)N1CCCCCC1. The molecule has 18 heavy (non-hydrogen) atoms. The highest BCUT2D eigenvalue weighted by molar-refractivity contribution is 6.35. The van der Waals surface area contributed by atoms with E-state index in [-0.39, 0.29) is 12.5 Å². The third-order valence-corrected chi connectivity index (χ3v) is 2.87. The highest BCUT2D eigenvalue weighted by atomic mass is 16.2. The molecule has 1 fully saturated rings. The van der Waals surface area contributed by atoms with Gasteiger partial charge in [0.05, 0.1) is 0 Å². The van der Waals surface area contributed by atoms with Crippen LogP contribution in [-0.2, 0) is 14.4 Å². The van der Waals surface area contributed by atoms with Gasteiger partial charge in [-0.3, -0.25) is 14.4 Å². The Kier molecular flexibility index (Phi) is 6.18. The summed E-state index contributed by atoms with van der Waals surface area (Å²) in [6, 6.07) is 0. The molecule has 0 radical (unpaired) electrons. The molecule has 1 aliphatic rings. The van der Waals surface area contributed by atoms with Crippen LogP contribution in [0.3, 0.4) is 0 Å². The van der Waals surface area contributed by atoms with Crippen molar-refractivity contribution in [3.63, 3.8) is 0 Å². The summed E-state index contributed by atoms with van der Waals surface area (Å²) in [5, 5.41) is 5.06. The summed E-state index contributed by atoms with van der Waals surface area (Å²) in [6.45, 7) is 3.35. The van der Waals surface area contributed by atoms with Gasteiger partial charge in [-0.1, -0.05) is 12.8 Å². The predicted octanol–water partition coefficient (Wildman–Crippen LogP) is -0.359. The second-order valence-corrected chi connectivity index (χ2v) is 4.45. The first-order chi connectivity index (χ1) is 8.61. The van der Waals surface area contributed by atoms with E-state index in [0.717, 1.165) is 25.7 Å². The van der Waals surface area contributed by atoms with E-state index in [1.54, 1.807) is 4.90 Å². The van der Waals surface area contributed by atoms with Crippen molar-refractivity contribution in [1.29, 1.82) is 0 Å². The van der Waals surface area contributed by atoms with Crippen LogP contribution in [0.5, 0.6) is 0 Å². The number of nitrogens with one attached hydrogen (secondary N) is 2. The summed E-state index contributed by atoms with van der Waals surface area (Å²) in [5.74, 6) is -1.19. The first kappa shape index (κ1) is 14.5. The van der Waals surface area contributed by atoms with Crippen molar-refractivity contribution in [3.05, 3.63) is 0 Å². The Labute approximate surface area is 107 Å². The Balaban J connectivity index is 2.27. The van der Waals surface area contributed by atoms with Gasteiger partial charge in [-0.25, -0.2) is 0 Å². The van der Waals surface area contributed by atoms with Gasteiger partial charge in [-0.15, -0.1) is 0 Å². The Hall–Kier alpha value is -1.59. The van der Waals surface area contributed by atoms with Crippen molar-refractivity contribution >= 4 is 17.7 Å². The van der Waals surface area contributed by atoms with Gasteiger partial charge in [-0.2, -0.15) is 0 Å². The average Bonchev–Trinajstić information content (AvgIpc) is 2.61. The molecular weight excluding hydrogens is 234 g/mol. The first-order valence-corrected chi connectivity index (χ1v) is 6.43. The molecule has 1 heterocycles. The number of rotatable bonds is 3. The summed E-state index contributed by atoms with van der Waals surface area (Å²) in [4.78, 5) is 35.6. The van der Waals surface area contributed by atoms with Crippen LogP contribution >= 0.6 is 0 Å². The summed E-state index contributed by atoms with van der Waals surface area (Å²) in [7, 11) is 0. The van der Waals surface area contributed by atoms with E-state index >= 15 is 0 Å². The minimum atomic E-state index is -0.581. The van der Waals surface area contributed by atoms with E-state index in [2.05, 4.69) is 10.6 Å². The van der Waals surface area contributed by atoms with E-state index in [4.69, 9.17) is 0 Å². The van der Waals surface area contributed by atoms with Gasteiger partial charge in [0.25, 0.3) is 0 Å². The van der Waals surface area contributed by atoms with Crippen LogP contribution in [0.15, 0.2) is 0 Å². The Bertz CT molecular complexity index is 310. The Morgan fingerprint density at radius 2 is 1.50 bits per heavy atom. The summed E-state index contributed by atoms with van der Waals surface area (Å²) in [6.07, 6.45) is 4.16. The molecule has 0 spiro atoms. The van der Waals surface area contributed by atoms with Crippen molar-refractivity contribution < 1.29 is 14.4 Å². The molecule has 6 heteroatoms. The number of carbonyl (C=O) groups excluding carboxylic acids is 3. The van der Waals surface area contributed by atoms with Crippen LogP contribution in [-0.4, -0.2) is 48.8 Å². The molecule has 1 aliphatic heterocycles. The molecule has 0 unspecified atom stereocenters. The highest BCUT2D eigenvalue weighted by Crippen LogP contribution is 2.09. The largest absolute Gasteiger partial charge is 0.355 e. The molecule has 102 valence electrons. The minimum absolute atomic E-state index is 0.150. The molecule has 6 nitrogen and oxygen atoms in total. The fourth-order valence-electron chi connectivity index (χ4n) is 1.91. The molecule has 2 N–H and O–H groups in total. The van der Waals surface area contributed by atoms with Gasteiger partial charge in [0, 0.05) is 33.1 Å². The van der Waals surface area contributed by atoms with E-state index in [0.29, 0.717) is 19.6 Å². The van der Waals surface area contributed by atoms with Crippen LogP contribution in [0.4, 0.5) is 0 Å². The molecule has 0 atom stereocenters. The molecule has 0 saturated carbocycles. The van der Waals surface area contributed by atoms with Gasteiger partial charge < -0.3 is 15.5 Å². The smallest absolute Gasteiger partial charge is 0.311 e. The average molecular weight is 255 g/mol. The maximum atomic E-state index is 11.8. The van der Waals surface area contributed by atoms with Crippen molar-refractivity contribution in [3.8, 4) is 0 Å². The third kappa shape index (κ3) is 5.16. The van der Waals surface area contributed by atoms with Crippen LogP contribution < -0.4 is 10.6 Å². The van der Waals surface area contributed by atoms with Crippen LogP contribution in [0.1, 0.15) is 32.6 Å². The van der Waals surface area contributed by atoms with Gasteiger partial charge in [0.1, 0.15) is 0 Å². The third-order valence-electron chi connectivity index (χ3n) is 2.87. The minimum Gasteiger partial charge on any atom is -0.355 e. The number of amides is 3. The maximum absolute atomic E-state index is 11.8. The quantitative estimate of drug-likeness (QED) is 0.534. The molecule has 0 aromatic carbocycles. The normalized spacial score (nSPS) is 15.7. The second-order valence-electron chi connectivity index (χ2n) is 4.45. The van der Waals surface area contributed by atoms with Gasteiger partial charge >= 0.3 is 11.8 Å². The number of nitrogens with zero attached hydrogens (tertiary/aromatic N) is 1. The molecule has 3 amide bonds. The zero-order valence-electron chi connectivity index (χ0n) is 10.8. The maximum Gasteiger partial charge on any atom is 0.311 e. The summed E-state index contributed by atoms with van der Waals surface area (Å²) >= 11 is 0. The fraction of sp³-hybridized carbons (Fsp3) is 0.750. The Morgan fingerprint density at radius 1 is 0.944 bits per heavy atom. The van der Waals surface area contributed by atoms with Gasteiger partial charge in [-0.05, 0) is 12.8 Å². The second kappa shape index (κ2) is 7.68. The highest BCUT2D eigenvalue weighted by Gasteiger charge is 2.21. The number of hydrogen-bond acceptors (Lipinski definition) is 3. The topological polar surface area (TPSA) is 78.5 Å². The number of likely N-dealkylation sites (tertiary alicyclic amines) is 1.